The van der Waals surface area contributed by atoms with Gasteiger partial charge in [-0.1, -0.05) is 32.0 Å². The first-order chi connectivity index (χ1) is 12.6. The maximum absolute atomic E-state index is 12.7. The van der Waals surface area contributed by atoms with Crippen molar-refractivity contribution in [1.82, 2.24) is 0 Å². The Hall–Kier alpha value is -2.06. The van der Waals surface area contributed by atoms with Gasteiger partial charge in [0.25, 0.3) is 10.0 Å². The molecule has 0 aromatic heterocycles. The number of fused-ring (bicyclic) bond motifs is 1. The quantitative estimate of drug-likeness (QED) is 0.823. The van der Waals surface area contributed by atoms with Crippen LogP contribution in [-0.4, -0.2) is 29.6 Å². The molecule has 0 spiro atoms. The molecular weight excluding hydrogens is 384 g/mol. The van der Waals surface area contributed by atoms with Crippen molar-refractivity contribution in [3.63, 3.8) is 0 Å². The van der Waals surface area contributed by atoms with Crippen molar-refractivity contribution in [2.45, 2.75) is 37.5 Å². The summed E-state index contributed by atoms with van der Waals surface area (Å²) < 4.78 is 53.3. The summed E-state index contributed by atoms with van der Waals surface area (Å²) in [5, 5.41) is 0. The second kappa shape index (κ2) is 7.16. The van der Waals surface area contributed by atoms with Crippen molar-refractivity contribution in [2.24, 2.45) is 0 Å². The van der Waals surface area contributed by atoms with Gasteiger partial charge in [0.2, 0.25) is 10.0 Å². The summed E-state index contributed by atoms with van der Waals surface area (Å²) >= 11 is 0. The first-order valence-electron chi connectivity index (χ1n) is 8.81. The van der Waals surface area contributed by atoms with Crippen LogP contribution in [-0.2, 0) is 26.5 Å². The Morgan fingerprint density at radius 3 is 2.26 bits per heavy atom. The van der Waals surface area contributed by atoms with Gasteiger partial charge in [0, 0.05) is 6.54 Å². The van der Waals surface area contributed by atoms with Crippen LogP contribution in [0.1, 0.15) is 37.3 Å². The van der Waals surface area contributed by atoms with Crippen LogP contribution in [0.4, 0.5) is 11.4 Å². The molecule has 146 valence electrons. The SMILES string of the molecule is CC(C)c1ccc(S(=O)(=O)Nc2ccc3c(c2)N(S(C)(=O)=O)CCC3)cc1. The third-order valence-corrected chi connectivity index (χ3v) is 7.25. The Kier molecular flexibility index (Phi) is 5.22. The highest BCUT2D eigenvalue weighted by Gasteiger charge is 2.25. The van der Waals surface area contributed by atoms with Crippen LogP contribution in [0, 0.1) is 0 Å². The molecule has 1 aliphatic rings. The van der Waals surface area contributed by atoms with Crippen LogP contribution in [0.15, 0.2) is 47.4 Å². The summed E-state index contributed by atoms with van der Waals surface area (Å²) in [6, 6.07) is 11.8. The van der Waals surface area contributed by atoms with E-state index in [9.17, 15) is 16.8 Å². The minimum atomic E-state index is -3.75. The Bertz CT molecular complexity index is 1040. The first-order valence-corrected chi connectivity index (χ1v) is 12.1. The largest absolute Gasteiger partial charge is 0.280 e. The van der Waals surface area contributed by atoms with E-state index in [1.54, 1.807) is 42.5 Å². The van der Waals surface area contributed by atoms with Crippen LogP contribution in [0.25, 0.3) is 0 Å². The van der Waals surface area contributed by atoms with Gasteiger partial charge in [-0.05, 0) is 54.2 Å². The predicted octanol–water partition coefficient (Wildman–Crippen LogP) is 3.32. The van der Waals surface area contributed by atoms with Crippen LogP contribution in [0.5, 0.6) is 0 Å². The molecule has 0 fully saturated rings. The molecule has 0 amide bonds. The van der Waals surface area contributed by atoms with Crippen molar-refractivity contribution in [2.75, 3.05) is 21.8 Å². The van der Waals surface area contributed by atoms with Crippen LogP contribution in [0.2, 0.25) is 0 Å². The zero-order chi connectivity index (χ0) is 19.8. The molecule has 3 rings (SSSR count). The summed E-state index contributed by atoms with van der Waals surface area (Å²) in [6.07, 6.45) is 2.67. The zero-order valence-corrected chi connectivity index (χ0v) is 17.3. The lowest BCUT2D eigenvalue weighted by molar-refractivity contribution is 0.592. The minimum Gasteiger partial charge on any atom is -0.280 e. The van der Waals surface area contributed by atoms with Gasteiger partial charge in [-0.3, -0.25) is 9.03 Å². The van der Waals surface area contributed by atoms with E-state index in [1.807, 2.05) is 13.8 Å². The van der Waals surface area contributed by atoms with E-state index < -0.39 is 20.0 Å². The van der Waals surface area contributed by atoms with Gasteiger partial charge < -0.3 is 0 Å². The summed E-state index contributed by atoms with van der Waals surface area (Å²) in [5.74, 6) is 0.317. The van der Waals surface area contributed by atoms with E-state index in [1.165, 1.54) is 4.31 Å². The number of nitrogens with zero attached hydrogens (tertiary/aromatic N) is 1. The Morgan fingerprint density at radius 2 is 1.67 bits per heavy atom. The lowest BCUT2D eigenvalue weighted by Crippen LogP contribution is -2.34. The molecule has 2 aromatic rings. The summed E-state index contributed by atoms with van der Waals surface area (Å²) in [6.45, 7) is 4.49. The molecule has 0 saturated heterocycles. The minimum absolute atomic E-state index is 0.171. The number of aryl methyl sites for hydroxylation is 1. The van der Waals surface area contributed by atoms with Gasteiger partial charge in [-0.2, -0.15) is 0 Å². The molecule has 0 radical (unpaired) electrons. The molecule has 27 heavy (non-hydrogen) atoms. The normalized spacial score (nSPS) is 14.9. The van der Waals surface area contributed by atoms with E-state index in [2.05, 4.69) is 4.72 Å². The Morgan fingerprint density at radius 1 is 1.00 bits per heavy atom. The second-order valence-corrected chi connectivity index (χ2v) is 10.7. The molecule has 1 heterocycles. The summed E-state index contributed by atoms with van der Waals surface area (Å²) in [5.41, 5.74) is 2.85. The molecule has 0 aliphatic carbocycles. The number of sulfonamides is 2. The second-order valence-electron chi connectivity index (χ2n) is 7.11. The molecule has 1 N–H and O–H groups in total. The highest BCUT2D eigenvalue weighted by Crippen LogP contribution is 2.32. The molecule has 0 unspecified atom stereocenters. The van der Waals surface area contributed by atoms with Crippen molar-refractivity contribution < 1.29 is 16.8 Å². The Balaban J connectivity index is 1.91. The van der Waals surface area contributed by atoms with Gasteiger partial charge in [0.05, 0.1) is 22.5 Å². The fourth-order valence-corrected chi connectivity index (χ4v) is 5.23. The van der Waals surface area contributed by atoms with E-state index in [-0.39, 0.29) is 4.90 Å². The average molecular weight is 409 g/mol. The average Bonchev–Trinajstić information content (AvgIpc) is 2.60. The smallest absolute Gasteiger partial charge is 0.261 e. The molecule has 8 heteroatoms. The van der Waals surface area contributed by atoms with Crippen molar-refractivity contribution in [3.05, 3.63) is 53.6 Å². The molecule has 0 saturated carbocycles. The van der Waals surface area contributed by atoms with Gasteiger partial charge >= 0.3 is 0 Å². The van der Waals surface area contributed by atoms with E-state index in [0.29, 0.717) is 23.8 Å². The monoisotopic (exact) mass is 408 g/mol. The number of anilines is 2. The number of hydrogen-bond acceptors (Lipinski definition) is 4. The van der Waals surface area contributed by atoms with Gasteiger partial charge in [-0.25, -0.2) is 16.8 Å². The molecule has 1 aliphatic heterocycles. The lowest BCUT2D eigenvalue weighted by Gasteiger charge is -2.29. The van der Waals surface area contributed by atoms with Crippen LogP contribution < -0.4 is 9.03 Å². The maximum atomic E-state index is 12.7. The molecular formula is C19H24N2O4S2. The number of hydrogen-bond donors (Lipinski definition) is 1. The van der Waals surface area contributed by atoms with E-state index >= 15 is 0 Å². The standard InChI is InChI=1S/C19H24N2O4S2/c1-14(2)15-7-10-18(11-8-15)27(24,25)20-17-9-6-16-5-4-12-21(19(16)13-17)26(3,22)23/h6-11,13-14,20H,4-5,12H2,1-3H3. The highest BCUT2D eigenvalue weighted by molar-refractivity contribution is 7.92. The molecule has 0 atom stereocenters. The molecule has 2 aromatic carbocycles. The number of benzene rings is 2. The number of rotatable bonds is 5. The maximum Gasteiger partial charge on any atom is 0.261 e. The zero-order valence-electron chi connectivity index (χ0n) is 15.6. The third kappa shape index (κ3) is 4.27. The van der Waals surface area contributed by atoms with E-state index in [4.69, 9.17) is 0 Å². The molecule has 6 nitrogen and oxygen atoms in total. The molecule has 0 bridgehead atoms. The van der Waals surface area contributed by atoms with Gasteiger partial charge in [-0.15, -0.1) is 0 Å². The fourth-order valence-electron chi connectivity index (χ4n) is 3.19. The van der Waals surface area contributed by atoms with Crippen LogP contribution in [0.3, 0.4) is 0 Å². The van der Waals surface area contributed by atoms with Crippen molar-refractivity contribution >= 4 is 31.4 Å². The highest BCUT2D eigenvalue weighted by atomic mass is 32.2. The summed E-state index contributed by atoms with van der Waals surface area (Å²) in [7, 11) is -7.16. The van der Waals surface area contributed by atoms with E-state index in [0.717, 1.165) is 30.2 Å². The number of nitrogens with one attached hydrogen (secondary N) is 1. The van der Waals surface area contributed by atoms with Gasteiger partial charge in [0.1, 0.15) is 0 Å². The Labute approximate surface area is 161 Å². The van der Waals surface area contributed by atoms with Crippen molar-refractivity contribution in [1.29, 1.82) is 0 Å². The van der Waals surface area contributed by atoms with Crippen molar-refractivity contribution in [3.8, 4) is 0 Å². The lowest BCUT2D eigenvalue weighted by atomic mass is 10.0. The first kappa shape index (κ1) is 19.7. The topological polar surface area (TPSA) is 83.6 Å². The summed E-state index contributed by atoms with van der Waals surface area (Å²) in [4.78, 5) is 0.171. The third-order valence-electron chi connectivity index (χ3n) is 4.67. The predicted molar refractivity (Wildman–Crippen MR) is 108 cm³/mol. The van der Waals surface area contributed by atoms with Gasteiger partial charge in [0.15, 0.2) is 0 Å². The van der Waals surface area contributed by atoms with Crippen LogP contribution >= 0.6 is 0 Å². The fraction of sp³-hybridized carbons (Fsp3) is 0.368.